The smallest absolute Gasteiger partial charge is 0.0459 e. The summed E-state index contributed by atoms with van der Waals surface area (Å²) < 4.78 is 0. The summed E-state index contributed by atoms with van der Waals surface area (Å²) in [6.45, 7) is 12.9. The molecule has 4 fully saturated rings. The highest BCUT2D eigenvalue weighted by Crippen LogP contribution is 2.68. The van der Waals surface area contributed by atoms with Crippen LogP contribution < -0.4 is 0 Å². The first-order valence-corrected chi connectivity index (χ1v) is 13.4. The normalized spacial score (nSPS) is 47.6. The van der Waals surface area contributed by atoms with Gasteiger partial charge in [-0.05, 0) is 110 Å². The number of fused-ring (bicyclic) bond motifs is 5. The van der Waals surface area contributed by atoms with E-state index in [1.807, 2.05) is 0 Å². The molecular formula is C28H50O. The Labute approximate surface area is 181 Å². The predicted molar refractivity (Wildman–Crippen MR) is 124 cm³/mol. The Morgan fingerprint density at radius 1 is 0.759 bits per heavy atom. The summed E-state index contributed by atoms with van der Waals surface area (Å²) in [6, 6.07) is 0. The second-order valence-electron chi connectivity index (χ2n) is 12.8. The Hall–Kier alpha value is -0.0400. The summed E-state index contributed by atoms with van der Waals surface area (Å²) in [4.78, 5) is 0. The van der Waals surface area contributed by atoms with E-state index in [9.17, 15) is 5.11 Å². The molecule has 0 aromatic heterocycles. The van der Waals surface area contributed by atoms with Crippen LogP contribution in [-0.2, 0) is 0 Å². The minimum Gasteiger partial charge on any atom is -0.396 e. The Balaban J connectivity index is 1.44. The second-order valence-corrected chi connectivity index (χ2v) is 12.8. The molecule has 0 aliphatic heterocycles. The average Bonchev–Trinajstić information content (AvgIpc) is 3.08. The molecule has 1 unspecified atom stereocenters. The van der Waals surface area contributed by atoms with E-state index < -0.39 is 0 Å². The van der Waals surface area contributed by atoms with E-state index in [2.05, 4.69) is 34.6 Å². The molecule has 168 valence electrons. The first kappa shape index (κ1) is 22.2. The van der Waals surface area contributed by atoms with Crippen molar-refractivity contribution in [2.75, 3.05) is 6.61 Å². The van der Waals surface area contributed by atoms with Gasteiger partial charge >= 0.3 is 0 Å². The molecule has 0 heterocycles. The van der Waals surface area contributed by atoms with Gasteiger partial charge in [-0.2, -0.15) is 0 Å². The summed E-state index contributed by atoms with van der Waals surface area (Å²) in [7, 11) is 0. The van der Waals surface area contributed by atoms with Gasteiger partial charge in [-0.3, -0.25) is 0 Å². The quantitative estimate of drug-likeness (QED) is 0.482. The SMILES string of the molecule is C[C@H](CC[C@H](C)[C@@H](C)CO)[C@H]1CC[C@H]2[C@@H]3CCC4CCCC[C@]4(C)[C@H]3CC[C@]12C. The van der Waals surface area contributed by atoms with Crippen LogP contribution in [0.5, 0.6) is 0 Å². The number of aliphatic hydroxyl groups is 1. The van der Waals surface area contributed by atoms with Crippen LogP contribution in [0.15, 0.2) is 0 Å². The maximum absolute atomic E-state index is 9.49. The molecule has 10 atom stereocenters. The van der Waals surface area contributed by atoms with Gasteiger partial charge in [-0.1, -0.05) is 60.3 Å². The van der Waals surface area contributed by atoms with Gasteiger partial charge in [0, 0.05) is 6.61 Å². The van der Waals surface area contributed by atoms with Crippen LogP contribution in [0.1, 0.15) is 112 Å². The molecule has 0 aromatic rings. The fourth-order valence-corrected chi connectivity index (χ4v) is 9.46. The lowest BCUT2D eigenvalue weighted by atomic mass is 9.44. The summed E-state index contributed by atoms with van der Waals surface area (Å²) in [5.74, 6) is 7.06. The first-order valence-electron chi connectivity index (χ1n) is 13.4. The minimum absolute atomic E-state index is 0.349. The van der Waals surface area contributed by atoms with Crippen LogP contribution in [0.3, 0.4) is 0 Å². The fraction of sp³-hybridized carbons (Fsp3) is 1.00. The third-order valence-electron chi connectivity index (χ3n) is 11.7. The molecule has 0 bridgehead atoms. The second kappa shape index (κ2) is 8.48. The van der Waals surface area contributed by atoms with E-state index in [-0.39, 0.29) is 0 Å². The number of rotatable bonds is 6. The number of aliphatic hydroxyl groups excluding tert-OH is 1. The average molecular weight is 403 g/mol. The highest BCUT2D eigenvalue weighted by Gasteiger charge is 2.60. The highest BCUT2D eigenvalue weighted by atomic mass is 16.3. The van der Waals surface area contributed by atoms with Crippen molar-refractivity contribution in [2.45, 2.75) is 112 Å². The van der Waals surface area contributed by atoms with Crippen molar-refractivity contribution in [3.8, 4) is 0 Å². The molecule has 1 N–H and O–H groups in total. The van der Waals surface area contributed by atoms with Gasteiger partial charge in [0.05, 0.1) is 0 Å². The highest BCUT2D eigenvalue weighted by molar-refractivity contribution is 5.09. The van der Waals surface area contributed by atoms with Gasteiger partial charge in [-0.25, -0.2) is 0 Å². The molecule has 1 nitrogen and oxygen atoms in total. The van der Waals surface area contributed by atoms with Crippen molar-refractivity contribution in [3.05, 3.63) is 0 Å². The van der Waals surface area contributed by atoms with Crippen molar-refractivity contribution in [3.63, 3.8) is 0 Å². The largest absolute Gasteiger partial charge is 0.396 e. The maximum Gasteiger partial charge on any atom is 0.0459 e. The molecule has 29 heavy (non-hydrogen) atoms. The van der Waals surface area contributed by atoms with Gasteiger partial charge in [0.1, 0.15) is 0 Å². The number of hydrogen-bond donors (Lipinski definition) is 1. The maximum atomic E-state index is 9.49. The summed E-state index contributed by atoms with van der Waals surface area (Å²) in [5, 5.41) is 9.49. The Morgan fingerprint density at radius 3 is 2.28 bits per heavy atom. The van der Waals surface area contributed by atoms with Crippen LogP contribution in [0.25, 0.3) is 0 Å². The van der Waals surface area contributed by atoms with Crippen LogP contribution in [0, 0.1) is 58.2 Å². The summed E-state index contributed by atoms with van der Waals surface area (Å²) >= 11 is 0. The van der Waals surface area contributed by atoms with Crippen LogP contribution in [-0.4, -0.2) is 11.7 Å². The molecular weight excluding hydrogens is 352 g/mol. The zero-order valence-corrected chi connectivity index (χ0v) is 20.3. The van der Waals surface area contributed by atoms with Crippen molar-refractivity contribution in [1.29, 1.82) is 0 Å². The van der Waals surface area contributed by atoms with Crippen molar-refractivity contribution in [2.24, 2.45) is 58.2 Å². The summed E-state index contributed by atoms with van der Waals surface area (Å²) in [6.07, 6.45) is 17.9. The van der Waals surface area contributed by atoms with Crippen LogP contribution >= 0.6 is 0 Å². The summed E-state index contributed by atoms with van der Waals surface area (Å²) in [5.41, 5.74) is 1.30. The monoisotopic (exact) mass is 402 g/mol. The van der Waals surface area contributed by atoms with E-state index in [1.54, 1.807) is 12.8 Å². The molecule has 0 radical (unpaired) electrons. The molecule has 0 amide bonds. The van der Waals surface area contributed by atoms with Crippen LogP contribution in [0.4, 0.5) is 0 Å². The lowest BCUT2D eigenvalue weighted by molar-refractivity contribution is -0.114. The third kappa shape index (κ3) is 3.74. The molecule has 4 rings (SSSR count). The molecule has 0 spiro atoms. The van der Waals surface area contributed by atoms with Gasteiger partial charge in [0.15, 0.2) is 0 Å². The lowest BCUT2D eigenvalue weighted by Gasteiger charge is -2.61. The molecule has 4 saturated carbocycles. The Bertz CT molecular complexity index is 557. The Kier molecular flexibility index (Phi) is 6.48. The number of hydrogen-bond acceptors (Lipinski definition) is 1. The van der Waals surface area contributed by atoms with E-state index >= 15 is 0 Å². The van der Waals surface area contributed by atoms with Crippen molar-refractivity contribution < 1.29 is 5.11 Å². The van der Waals surface area contributed by atoms with E-state index in [4.69, 9.17) is 0 Å². The predicted octanol–water partition coefficient (Wildman–Crippen LogP) is 7.72. The van der Waals surface area contributed by atoms with Gasteiger partial charge < -0.3 is 5.11 Å². The molecule has 1 heteroatoms. The minimum atomic E-state index is 0.349. The van der Waals surface area contributed by atoms with Crippen molar-refractivity contribution in [1.82, 2.24) is 0 Å². The molecule has 0 aromatic carbocycles. The van der Waals surface area contributed by atoms with Crippen molar-refractivity contribution >= 4 is 0 Å². The molecule has 4 aliphatic rings. The van der Waals surface area contributed by atoms with Gasteiger partial charge in [-0.15, -0.1) is 0 Å². The standard InChI is InChI=1S/C28H50O/c1-19(21(3)18-29)9-10-20(2)24-13-14-25-23-12-11-22-8-6-7-16-27(22,4)26(23)15-17-28(24,25)5/h19-26,29H,6-18H2,1-5H3/t19-,20+,21-,22?,23-,24+,25-,26-,27-,28+/m0/s1. The molecule has 0 saturated heterocycles. The lowest BCUT2D eigenvalue weighted by Crippen LogP contribution is -2.53. The zero-order valence-electron chi connectivity index (χ0n) is 20.3. The van der Waals surface area contributed by atoms with Crippen LogP contribution in [0.2, 0.25) is 0 Å². The Morgan fingerprint density at radius 2 is 1.52 bits per heavy atom. The van der Waals surface area contributed by atoms with E-state index in [0.29, 0.717) is 29.3 Å². The van der Waals surface area contributed by atoms with Gasteiger partial charge in [0.25, 0.3) is 0 Å². The fourth-order valence-electron chi connectivity index (χ4n) is 9.46. The van der Waals surface area contributed by atoms with E-state index in [1.165, 1.54) is 64.2 Å². The first-order chi connectivity index (χ1) is 13.8. The van der Waals surface area contributed by atoms with E-state index in [0.717, 1.165) is 35.5 Å². The molecule has 4 aliphatic carbocycles. The zero-order chi connectivity index (χ0) is 20.8. The van der Waals surface area contributed by atoms with Gasteiger partial charge in [0.2, 0.25) is 0 Å². The topological polar surface area (TPSA) is 20.2 Å². The third-order valence-corrected chi connectivity index (χ3v) is 11.7.